The number of amides is 1. The van der Waals surface area contributed by atoms with Crippen molar-refractivity contribution < 1.29 is 9.53 Å². The van der Waals surface area contributed by atoms with Crippen LogP contribution in [0.25, 0.3) is 0 Å². The number of H-pyrrole nitrogens is 1. The SMILES string of the molecule is COc1cccc(N2CCCC(NC(=O)c3ccn[nH]3)C2)c1. The maximum Gasteiger partial charge on any atom is 0.269 e. The van der Waals surface area contributed by atoms with Crippen molar-refractivity contribution in [1.82, 2.24) is 15.5 Å². The molecule has 2 heterocycles. The number of rotatable bonds is 4. The van der Waals surface area contributed by atoms with E-state index < -0.39 is 0 Å². The Kier molecular flexibility index (Phi) is 4.27. The second-order valence-electron chi connectivity index (χ2n) is 5.43. The minimum absolute atomic E-state index is 0.102. The van der Waals surface area contributed by atoms with E-state index >= 15 is 0 Å². The Bertz CT molecular complexity index is 627. The molecule has 1 unspecified atom stereocenters. The van der Waals surface area contributed by atoms with Crippen molar-refractivity contribution in [2.24, 2.45) is 0 Å². The Balaban J connectivity index is 1.65. The van der Waals surface area contributed by atoms with Crippen LogP contribution in [-0.2, 0) is 0 Å². The van der Waals surface area contributed by atoms with Gasteiger partial charge < -0.3 is 15.0 Å². The average molecular weight is 300 g/mol. The van der Waals surface area contributed by atoms with Crippen molar-refractivity contribution in [2.75, 3.05) is 25.1 Å². The zero-order valence-electron chi connectivity index (χ0n) is 12.6. The molecule has 0 spiro atoms. The van der Waals surface area contributed by atoms with E-state index in [9.17, 15) is 4.79 Å². The second-order valence-corrected chi connectivity index (χ2v) is 5.43. The minimum Gasteiger partial charge on any atom is -0.497 e. The molecule has 2 aromatic rings. The molecule has 2 N–H and O–H groups in total. The number of nitrogens with one attached hydrogen (secondary N) is 2. The summed E-state index contributed by atoms with van der Waals surface area (Å²) in [5, 5.41) is 9.57. The third-order valence-corrected chi connectivity index (χ3v) is 3.92. The van der Waals surface area contributed by atoms with Crippen LogP contribution in [0.5, 0.6) is 5.75 Å². The molecule has 1 fully saturated rings. The summed E-state index contributed by atoms with van der Waals surface area (Å²) in [6.07, 6.45) is 3.61. The molecule has 1 aromatic heterocycles. The van der Waals surface area contributed by atoms with Crippen molar-refractivity contribution in [2.45, 2.75) is 18.9 Å². The van der Waals surface area contributed by atoms with Crippen LogP contribution in [-0.4, -0.2) is 42.3 Å². The molecule has 1 aliphatic rings. The maximum absolute atomic E-state index is 12.1. The van der Waals surface area contributed by atoms with Crippen LogP contribution in [0.1, 0.15) is 23.3 Å². The number of nitrogens with zero attached hydrogens (tertiary/aromatic N) is 2. The molecule has 0 radical (unpaired) electrons. The Morgan fingerprint density at radius 1 is 1.45 bits per heavy atom. The smallest absolute Gasteiger partial charge is 0.269 e. The van der Waals surface area contributed by atoms with Gasteiger partial charge in [0.2, 0.25) is 0 Å². The van der Waals surface area contributed by atoms with Gasteiger partial charge in [-0.05, 0) is 31.0 Å². The molecule has 6 heteroatoms. The first kappa shape index (κ1) is 14.4. The largest absolute Gasteiger partial charge is 0.497 e. The summed E-state index contributed by atoms with van der Waals surface area (Å²) in [6, 6.07) is 9.83. The van der Waals surface area contributed by atoms with Crippen LogP contribution in [0, 0.1) is 0 Å². The molecular formula is C16H20N4O2. The fourth-order valence-corrected chi connectivity index (χ4v) is 2.78. The number of methoxy groups -OCH3 is 1. The van der Waals surface area contributed by atoms with Crippen molar-refractivity contribution in [1.29, 1.82) is 0 Å². The number of carbonyl (C=O) groups excluding carboxylic acids is 1. The summed E-state index contributed by atoms with van der Waals surface area (Å²) in [6.45, 7) is 1.79. The van der Waals surface area contributed by atoms with Gasteiger partial charge in [0.05, 0.1) is 7.11 Å². The van der Waals surface area contributed by atoms with Crippen LogP contribution in [0.3, 0.4) is 0 Å². The van der Waals surface area contributed by atoms with Gasteiger partial charge in [0.1, 0.15) is 11.4 Å². The van der Waals surface area contributed by atoms with Crippen LogP contribution in [0.2, 0.25) is 0 Å². The van der Waals surface area contributed by atoms with Crippen molar-refractivity contribution >= 4 is 11.6 Å². The number of aromatic nitrogens is 2. The fourth-order valence-electron chi connectivity index (χ4n) is 2.78. The van der Waals surface area contributed by atoms with E-state index in [0.717, 1.165) is 37.4 Å². The molecule has 0 bridgehead atoms. The van der Waals surface area contributed by atoms with Crippen LogP contribution >= 0.6 is 0 Å². The zero-order chi connectivity index (χ0) is 15.4. The van der Waals surface area contributed by atoms with E-state index in [1.165, 1.54) is 0 Å². The van der Waals surface area contributed by atoms with Crippen molar-refractivity contribution in [3.63, 3.8) is 0 Å². The molecule has 0 saturated carbocycles. The lowest BCUT2D eigenvalue weighted by atomic mass is 10.0. The number of aromatic amines is 1. The van der Waals surface area contributed by atoms with Crippen molar-refractivity contribution in [3.05, 3.63) is 42.2 Å². The lowest BCUT2D eigenvalue weighted by Gasteiger charge is -2.34. The fraction of sp³-hybridized carbons (Fsp3) is 0.375. The Morgan fingerprint density at radius 3 is 3.14 bits per heavy atom. The van der Waals surface area contributed by atoms with Gasteiger partial charge in [-0.25, -0.2) is 0 Å². The molecule has 1 aliphatic heterocycles. The number of hydrogen-bond donors (Lipinski definition) is 2. The molecule has 0 aliphatic carbocycles. The molecule has 116 valence electrons. The first-order valence-corrected chi connectivity index (χ1v) is 7.45. The van der Waals surface area contributed by atoms with Crippen LogP contribution < -0.4 is 15.0 Å². The van der Waals surface area contributed by atoms with Crippen LogP contribution in [0.4, 0.5) is 5.69 Å². The summed E-state index contributed by atoms with van der Waals surface area (Å²) in [7, 11) is 1.67. The molecular weight excluding hydrogens is 280 g/mol. The molecule has 1 saturated heterocycles. The monoisotopic (exact) mass is 300 g/mol. The topological polar surface area (TPSA) is 70.2 Å². The van der Waals surface area contributed by atoms with Crippen LogP contribution in [0.15, 0.2) is 36.5 Å². The first-order chi connectivity index (χ1) is 10.8. The number of hydrogen-bond acceptors (Lipinski definition) is 4. The Hall–Kier alpha value is -2.50. The molecule has 6 nitrogen and oxygen atoms in total. The summed E-state index contributed by atoms with van der Waals surface area (Å²) >= 11 is 0. The van der Waals surface area contributed by atoms with Gasteiger partial charge in [0.25, 0.3) is 5.91 Å². The molecule has 1 atom stereocenters. The van der Waals surface area contributed by atoms with E-state index in [2.05, 4.69) is 26.5 Å². The zero-order valence-corrected chi connectivity index (χ0v) is 12.6. The Labute approximate surface area is 129 Å². The van der Waals surface area contributed by atoms with Gasteiger partial charge in [-0.3, -0.25) is 9.89 Å². The third kappa shape index (κ3) is 3.21. The summed E-state index contributed by atoms with van der Waals surface area (Å²) in [5.74, 6) is 0.746. The maximum atomic E-state index is 12.1. The van der Waals surface area contributed by atoms with Gasteiger partial charge in [-0.1, -0.05) is 6.07 Å². The molecule has 1 aromatic carbocycles. The van der Waals surface area contributed by atoms with Gasteiger partial charge in [-0.15, -0.1) is 0 Å². The van der Waals surface area contributed by atoms with E-state index in [0.29, 0.717) is 5.69 Å². The summed E-state index contributed by atoms with van der Waals surface area (Å²) in [4.78, 5) is 14.4. The minimum atomic E-state index is -0.102. The number of benzene rings is 1. The Morgan fingerprint density at radius 2 is 2.36 bits per heavy atom. The predicted octanol–water partition coefficient (Wildman–Crippen LogP) is 1.82. The lowest BCUT2D eigenvalue weighted by molar-refractivity contribution is 0.0928. The van der Waals surface area contributed by atoms with E-state index in [1.54, 1.807) is 19.4 Å². The molecule has 3 rings (SSSR count). The predicted molar refractivity (Wildman–Crippen MR) is 84.3 cm³/mol. The number of anilines is 1. The van der Waals surface area contributed by atoms with E-state index in [1.807, 2.05) is 18.2 Å². The second kappa shape index (κ2) is 6.51. The summed E-state index contributed by atoms with van der Waals surface area (Å²) in [5.41, 5.74) is 1.62. The summed E-state index contributed by atoms with van der Waals surface area (Å²) < 4.78 is 5.28. The highest BCUT2D eigenvalue weighted by Gasteiger charge is 2.22. The van der Waals surface area contributed by atoms with Gasteiger partial charge >= 0.3 is 0 Å². The third-order valence-electron chi connectivity index (χ3n) is 3.92. The molecule has 1 amide bonds. The highest BCUT2D eigenvalue weighted by molar-refractivity contribution is 5.92. The number of piperidine rings is 1. The lowest BCUT2D eigenvalue weighted by Crippen LogP contribution is -2.47. The highest BCUT2D eigenvalue weighted by Crippen LogP contribution is 2.24. The highest BCUT2D eigenvalue weighted by atomic mass is 16.5. The normalized spacial score (nSPS) is 18.0. The van der Waals surface area contributed by atoms with E-state index in [-0.39, 0.29) is 11.9 Å². The van der Waals surface area contributed by atoms with Crippen molar-refractivity contribution in [3.8, 4) is 5.75 Å². The van der Waals surface area contributed by atoms with E-state index in [4.69, 9.17) is 4.74 Å². The van der Waals surface area contributed by atoms with Gasteiger partial charge in [0.15, 0.2) is 0 Å². The van der Waals surface area contributed by atoms with Gasteiger partial charge in [0, 0.05) is 37.1 Å². The molecule has 22 heavy (non-hydrogen) atoms. The number of carbonyl (C=O) groups is 1. The average Bonchev–Trinajstić information content (AvgIpc) is 3.10. The first-order valence-electron chi connectivity index (χ1n) is 7.45. The van der Waals surface area contributed by atoms with Gasteiger partial charge in [-0.2, -0.15) is 5.10 Å². The number of ether oxygens (including phenoxy) is 1. The standard InChI is InChI=1S/C16H20N4O2/c1-22-14-6-2-5-13(10-14)20-9-3-4-12(11-20)18-16(21)15-7-8-17-19-15/h2,5-8,10,12H,3-4,9,11H2,1H3,(H,17,19)(H,18,21). The quantitative estimate of drug-likeness (QED) is 0.903.